The smallest absolute Gasteiger partial charge is 0.260 e. The highest BCUT2D eigenvalue weighted by Gasteiger charge is 2.35. The monoisotopic (exact) mass is 332 g/mol. The molecule has 0 bridgehead atoms. The van der Waals surface area contributed by atoms with Gasteiger partial charge in [-0.1, -0.05) is 31.5 Å². The first-order valence-electron chi connectivity index (χ1n) is 6.80. The maximum absolute atomic E-state index is 12.2. The summed E-state index contributed by atoms with van der Waals surface area (Å²) in [5.41, 5.74) is 6.02. The molecule has 1 unspecified atom stereocenters. The molecule has 0 radical (unpaired) electrons. The minimum atomic E-state index is -0.0516. The molecule has 0 aromatic heterocycles. The van der Waals surface area contributed by atoms with E-state index in [1.807, 2.05) is 4.90 Å². The number of ether oxygens (including phenoxy) is 1. The highest BCUT2D eigenvalue weighted by atomic mass is 35.5. The van der Waals surface area contributed by atoms with Crippen LogP contribution in [0.5, 0.6) is 5.75 Å². The molecule has 0 spiro atoms. The summed E-state index contributed by atoms with van der Waals surface area (Å²) in [7, 11) is 0. The molecular weight excluding hydrogens is 311 g/mol. The van der Waals surface area contributed by atoms with Gasteiger partial charge in [0, 0.05) is 24.2 Å². The molecule has 118 valence electrons. The summed E-state index contributed by atoms with van der Waals surface area (Å²) >= 11 is 5.87. The Bertz CT molecular complexity index is 494. The van der Waals surface area contributed by atoms with Crippen LogP contribution in [0.15, 0.2) is 24.3 Å². The van der Waals surface area contributed by atoms with Crippen LogP contribution in [0.4, 0.5) is 0 Å². The fraction of sp³-hybridized carbons (Fsp3) is 0.533. The van der Waals surface area contributed by atoms with Gasteiger partial charge in [-0.2, -0.15) is 0 Å². The summed E-state index contributed by atoms with van der Waals surface area (Å²) in [6, 6.07) is 7.19. The maximum atomic E-state index is 12.2. The van der Waals surface area contributed by atoms with E-state index in [1.165, 1.54) is 0 Å². The third kappa shape index (κ3) is 4.77. The zero-order valence-corrected chi connectivity index (χ0v) is 13.9. The zero-order chi connectivity index (χ0) is 14.8. The molecule has 1 aromatic carbocycles. The van der Waals surface area contributed by atoms with Gasteiger partial charge in [0.25, 0.3) is 5.91 Å². The number of piperidine rings is 1. The SMILES string of the molecule is CC1(C)CN(C(=O)COc2cccc(Cl)c2)CCC1N.Cl. The van der Waals surface area contributed by atoms with Gasteiger partial charge in [-0.15, -0.1) is 12.4 Å². The lowest BCUT2D eigenvalue weighted by atomic mass is 9.80. The largest absolute Gasteiger partial charge is 0.484 e. The number of hydrogen-bond acceptors (Lipinski definition) is 3. The summed E-state index contributed by atoms with van der Waals surface area (Å²) in [6.45, 7) is 5.59. The predicted octanol–water partition coefficient (Wildman–Crippen LogP) is 2.73. The molecule has 2 N–H and O–H groups in total. The van der Waals surface area contributed by atoms with E-state index in [0.717, 1.165) is 6.42 Å². The van der Waals surface area contributed by atoms with Crippen molar-refractivity contribution >= 4 is 29.9 Å². The summed E-state index contributed by atoms with van der Waals surface area (Å²) in [4.78, 5) is 14.0. The quantitative estimate of drug-likeness (QED) is 0.925. The second kappa shape index (κ2) is 7.34. The number of carbonyl (C=O) groups is 1. The topological polar surface area (TPSA) is 55.6 Å². The molecule has 0 aliphatic carbocycles. The number of hydrogen-bond donors (Lipinski definition) is 1. The van der Waals surface area contributed by atoms with Crippen LogP contribution in [-0.4, -0.2) is 36.5 Å². The van der Waals surface area contributed by atoms with Crippen LogP contribution < -0.4 is 10.5 Å². The van der Waals surface area contributed by atoms with Crippen molar-refractivity contribution in [2.24, 2.45) is 11.1 Å². The first-order valence-corrected chi connectivity index (χ1v) is 7.18. The van der Waals surface area contributed by atoms with Crippen molar-refractivity contribution in [2.75, 3.05) is 19.7 Å². The minimum Gasteiger partial charge on any atom is -0.484 e. The molecule has 4 nitrogen and oxygen atoms in total. The molecule has 6 heteroatoms. The third-order valence-electron chi connectivity index (χ3n) is 3.82. The lowest BCUT2D eigenvalue weighted by Gasteiger charge is -2.42. The van der Waals surface area contributed by atoms with Gasteiger partial charge in [-0.25, -0.2) is 0 Å². The van der Waals surface area contributed by atoms with Crippen LogP contribution in [0.1, 0.15) is 20.3 Å². The molecule has 1 atom stereocenters. The van der Waals surface area contributed by atoms with E-state index in [0.29, 0.717) is 23.9 Å². The molecule has 2 rings (SSSR count). The fourth-order valence-electron chi connectivity index (χ4n) is 2.38. The molecule has 1 aromatic rings. The Morgan fingerprint density at radius 1 is 1.52 bits per heavy atom. The van der Waals surface area contributed by atoms with E-state index in [9.17, 15) is 4.79 Å². The van der Waals surface area contributed by atoms with Gasteiger partial charge in [0.05, 0.1) is 0 Å². The average Bonchev–Trinajstić information content (AvgIpc) is 2.39. The zero-order valence-electron chi connectivity index (χ0n) is 12.3. The van der Waals surface area contributed by atoms with Crippen LogP contribution in [0.2, 0.25) is 5.02 Å². The predicted molar refractivity (Wildman–Crippen MR) is 87.1 cm³/mol. The third-order valence-corrected chi connectivity index (χ3v) is 4.06. The molecular formula is C15H22Cl2N2O2. The summed E-state index contributed by atoms with van der Waals surface area (Å²) < 4.78 is 5.49. The van der Waals surface area contributed by atoms with Crippen molar-refractivity contribution in [3.63, 3.8) is 0 Å². The van der Waals surface area contributed by atoms with E-state index in [1.54, 1.807) is 24.3 Å². The van der Waals surface area contributed by atoms with E-state index in [-0.39, 0.29) is 36.4 Å². The number of carbonyl (C=O) groups excluding carboxylic acids is 1. The summed E-state index contributed by atoms with van der Waals surface area (Å²) in [5, 5.41) is 0.597. The van der Waals surface area contributed by atoms with Gasteiger partial charge < -0.3 is 15.4 Å². The standard InChI is InChI=1S/C15H21ClN2O2.ClH/c1-15(2)10-18(7-6-13(15)17)14(19)9-20-12-5-3-4-11(16)8-12;/h3-5,8,13H,6-7,9-10,17H2,1-2H3;1H. The lowest BCUT2D eigenvalue weighted by Crippen LogP contribution is -2.54. The highest BCUT2D eigenvalue weighted by molar-refractivity contribution is 6.30. The maximum Gasteiger partial charge on any atom is 0.260 e. The first kappa shape index (κ1) is 18.1. The number of likely N-dealkylation sites (tertiary alicyclic amines) is 1. The van der Waals surface area contributed by atoms with Gasteiger partial charge in [-0.3, -0.25) is 4.79 Å². The molecule has 1 aliphatic rings. The van der Waals surface area contributed by atoms with Crippen molar-refractivity contribution in [1.82, 2.24) is 4.90 Å². The second-order valence-electron chi connectivity index (χ2n) is 5.95. The van der Waals surface area contributed by atoms with Crippen LogP contribution in [0, 0.1) is 5.41 Å². The Kier molecular flexibility index (Phi) is 6.32. The molecule has 21 heavy (non-hydrogen) atoms. The van der Waals surface area contributed by atoms with Gasteiger partial charge in [0.1, 0.15) is 5.75 Å². The molecule has 1 amide bonds. The summed E-state index contributed by atoms with van der Waals surface area (Å²) in [5.74, 6) is 0.601. The molecule has 1 heterocycles. The average molecular weight is 333 g/mol. The van der Waals surface area contributed by atoms with Gasteiger partial charge >= 0.3 is 0 Å². The molecule has 1 aliphatic heterocycles. The first-order chi connectivity index (χ1) is 9.38. The number of amides is 1. The van der Waals surface area contributed by atoms with Crippen LogP contribution in [-0.2, 0) is 4.79 Å². The number of rotatable bonds is 3. The number of benzene rings is 1. The Balaban J connectivity index is 0.00000220. The van der Waals surface area contributed by atoms with E-state index >= 15 is 0 Å². The molecule has 1 saturated heterocycles. The normalized spacial score (nSPS) is 20.6. The van der Waals surface area contributed by atoms with Crippen molar-refractivity contribution in [3.05, 3.63) is 29.3 Å². The molecule has 0 saturated carbocycles. The van der Waals surface area contributed by atoms with Crippen molar-refractivity contribution in [1.29, 1.82) is 0 Å². The fourth-order valence-corrected chi connectivity index (χ4v) is 2.56. The minimum absolute atomic E-state index is 0. The summed E-state index contributed by atoms with van der Waals surface area (Å²) in [6.07, 6.45) is 0.829. The van der Waals surface area contributed by atoms with Gasteiger partial charge in [0.15, 0.2) is 6.61 Å². The van der Waals surface area contributed by atoms with E-state index in [4.69, 9.17) is 22.1 Å². The number of nitrogens with two attached hydrogens (primary N) is 1. The highest BCUT2D eigenvalue weighted by Crippen LogP contribution is 2.27. The van der Waals surface area contributed by atoms with E-state index < -0.39 is 0 Å². The number of halogens is 2. The van der Waals surface area contributed by atoms with Crippen molar-refractivity contribution < 1.29 is 9.53 Å². The van der Waals surface area contributed by atoms with Crippen LogP contribution >= 0.6 is 24.0 Å². The second-order valence-corrected chi connectivity index (χ2v) is 6.38. The van der Waals surface area contributed by atoms with Crippen LogP contribution in [0.3, 0.4) is 0 Å². The lowest BCUT2D eigenvalue weighted by molar-refractivity contribution is -0.136. The molecule has 1 fully saturated rings. The van der Waals surface area contributed by atoms with E-state index in [2.05, 4.69) is 13.8 Å². The van der Waals surface area contributed by atoms with Crippen LogP contribution in [0.25, 0.3) is 0 Å². The van der Waals surface area contributed by atoms with Crippen molar-refractivity contribution in [2.45, 2.75) is 26.3 Å². The van der Waals surface area contributed by atoms with Gasteiger partial charge in [-0.05, 0) is 30.0 Å². The van der Waals surface area contributed by atoms with Crippen molar-refractivity contribution in [3.8, 4) is 5.75 Å². The Morgan fingerprint density at radius 2 is 2.24 bits per heavy atom. The van der Waals surface area contributed by atoms with Gasteiger partial charge in [0.2, 0.25) is 0 Å². The Hall–Kier alpha value is -0.970. The Labute approximate surface area is 137 Å². The Morgan fingerprint density at radius 3 is 2.86 bits per heavy atom. The number of nitrogens with zero attached hydrogens (tertiary/aromatic N) is 1.